The summed E-state index contributed by atoms with van der Waals surface area (Å²) in [7, 11) is 0. The molecule has 2 heteroatoms. The molecule has 2 heterocycles. The zero-order chi connectivity index (χ0) is 8.67. The Morgan fingerprint density at radius 2 is 2.23 bits per heavy atom. The van der Waals surface area contributed by atoms with Gasteiger partial charge in [0.1, 0.15) is 0 Å². The van der Waals surface area contributed by atoms with Crippen molar-refractivity contribution in [2.75, 3.05) is 12.4 Å². The third kappa shape index (κ3) is 1.20. The first-order chi connectivity index (χ1) is 6.45. The monoisotopic (exact) mass is 192 g/mol. The van der Waals surface area contributed by atoms with Crippen molar-refractivity contribution < 1.29 is 4.74 Å². The van der Waals surface area contributed by atoms with Crippen LogP contribution in [0.2, 0.25) is 0 Å². The third-order valence-corrected chi connectivity index (χ3v) is 4.17. The molecule has 1 saturated heterocycles. The smallest absolute Gasteiger partial charge is 0.0872 e. The minimum absolute atomic E-state index is 0.400. The predicted octanol–water partition coefficient (Wildman–Crippen LogP) is 2.87. The second kappa shape index (κ2) is 3.03. The average Bonchev–Trinajstić information content (AvgIpc) is 2.65. The maximum atomic E-state index is 5.77. The molecule has 0 N–H and O–H groups in total. The van der Waals surface area contributed by atoms with Crippen LogP contribution in [-0.4, -0.2) is 12.4 Å². The van der Waals surface area contributed by atoms with E-state index < -0.39 is 0 Å². The number of hydrogen-bond acceptors (Lipinski definition) is 2. The van der Waals surface area contributed by atoms with Crippen LogP contribution < -0.4 is 0 Å². The Morgan fingerprint density at radius 1 is 1.31 bits per heavy atom. The molecule has 0 aliphatic carbocycles. The highest BCUT2D eigenvalue weighted by Gasteiger charge is 2.34. The Hall–Kier alpha value is -0.470. The summed E-state index contributed by atoms with van der Waals surface area (Å²) in [6.45, 7) is 0.949. The fraction of sp³-hybridized carbons (Fsp3) is 0.455. The Balaban J connectivity index is 2.06. The van der Waals surface area contributed by atoms with Crippen molar-refractivity contribution >= 4 is 11.8 Å². The quantitative estimate of drug-likeness (QED) is 0.625. The number of benzene rings is 1. The molecule has 0 bridgehead atoms. The van der Waals surface area contributed by atoms with Crippen molar-refractivity contribution in [2.24, 2.45) is 5.92 Å². The number of rotatable bonds is 0. The van der Waals surface area contributed by atoms with Gasteiger partial charge in [-0.05, 0) is 18.1 Å². The Bertz CT molecular complexity index is 324. The van der Waals surface area contributed by atoms with Crippen LogP contribution in [0.25, 0.3) is 0 Å². The van der Waals surface area contributed by atoms with E-state index in [-0.39, 0.29) is 0 Å². The first-order valence-electron chi connectivity index (χ1n) is 4.78. The zero-order valence-corrected chi connectivity index (χ0v) is 8.22. The highest BCUT2D eigenvalue weighted by molar-refractivity contribution is 7.99. The first kappa shape index (κ1) is 7.89. The van der Waals surface area contributed by atoms with E-state index in [1.165, 1.54) is 22.6 Å². The molecule has 3 rings (SSSR count). The van der Waals surface area contributed by atoms with Crippen LogP contribution in [0.5, 0.6) is 0 Å². The molecule has 0 amide bonds. The van der Waals surface area contributed by atoms with Crippen molar-refractivity contribution in [1.82, 2.24) is 0 Å². The maximum Gasteiger partial charge on any atom is 0.0872 e. The van der Waals surface area contributed by atoms with E-state index in [4.69, 9.17) is 4.74 Å². The first-order valence-corrected chi connectivity index (χ1v) is 5.77. The van der Waals surface area contributed by atoms with E-state index in [1.54, 1.807) is 0 Å². The normalized spacial score (nSPS) is 31.1. The second-order valence-electron chi connectivity index (χ2n) is 3.69. The summed E-state index contributed by atoms with van der Waals surface area (Å²) in [5, 5.41) is 0. The molecule has 13 heavy (non-hydrogen) atoms. The van der Waals surface area contributed by atoms with Gasteiger partial charge < -0.3 is 4.74 Å². The van der Waals surface area contributed by atoms with Gasteiger partial charge in [0.25, 0.3) is 0 Å². The van der Waals surface area contributed by atoms with E-state index in [9.17, 15) is 0 Å². The summed E-state index contributed by atoms with van der Waals surface area (Å²) < 4.78 is 5.77. The molecule has 0 saturated carbocycles. The SMILES string of the molecule is c1ccc2c(c1)SCC1CCOC21. The van der Waals surface area contributed by atoms with Crippen molar-refractivity contribution in [2.45, 2.75) is 17.4 Å². The van der Waals surface area contributed by atoms with Crippen molar-refractivity contribution in [3.63, 3.8) is 0 Å². The molecule has 1 fully saturated rings. The highest BCUT2D eigenvalue weighted by atomic mass is 32.2. The molecule has 1 nitrogen and oxygen atoms in total. The Labute approximate surface area is 82.5 Å². The van der Waals surface area contributed by atoms with E-state index >= 15 is 0 Å². The molecular formula is C11H12OS. The molecule has 68 valence electrons. The largest absolute Gasteiger partial charge is 0.373 e. The molecule has 2 atom stereocenters. The lowest BCUT2D eigenvalue weighted by Gasteiger charge is -2.26. The van der Waals surface area contributed by atoms with Crippen LogP contribution in [-0.2, 0) is 4.74 Å². The van der Waals surface area contributed by atoms with E-state index in [0.29, 0.717) is 6.10 Å². The summed E-state index contributed by atoms with van der Waals surface area (Å²) in [6.07, 6.45) is 1.64. The molecule has 0 radical (unpaired) electrons. The zero-order valence-electron chi connectivity index (χ0n) is 7.40. The Morgan fingerprint density at radius 3 is 3.23 bits per heavy atom. The molecule has 1 aromatic rings. The van der Waals surface area contributed by atoms with Crippen LogP contribution in [0.1, 0.15) is 18.1 Å². The van der Waals surface area contributed by atoms with Gasteiger partial charge in [0.05, 0.1) is 6.10 Å². The number of fused-ring (bicyclic) bond motifs is 3. The second-order valence-corrected chi connectivity index (χ2v) is 4.75. The van der Waals surface area contributed by atoms with E-state index in [0.717, 1.165) is 12.5 Å². The standard InChI is InChI=1S/C11H12OS/c1-2-4-10-9(3-1)11-8(7-13-10)5-6-12-11/h1-4,8,11H,5-7H2. The van der Waals surface area contributed by atoms with Crippen molar-refractivity contribution in [3.05, 3.63) is 29.8 Å². The molecular weight excluding hydrogens is 180 g/mol. The minimum atomic E-state index is 0.400. The fourth-order valence-corrected chi connectivity index (χ4v) is 3.45. The lowest BCUT2D eigenvalue weighted by atomic mass is 9.96. The van der Waals surface area contributed by atoms with Gasteiger partial charge in [-0.15, -0.1) is 11.8 Å². The highest BCUT2D eigenvalue weighted by Crippen LogP contribution is 2.45. The van der Waals surface area contributed by atoms with Crippen LogP contribution in [0, 0.1) is 5.92 Å². The average molecular weight is 192 g/mol. The lowest BCUT2D eigenvalue weighted by molar-refractivity contribution is 0.0920. The van der Waals surface area contributed by atoms with Crippen molar-refractivity contribution in [3.8, 4) is 0 Å². The third-order valence-electron chi connectivity index (χ3n) is 2.89. The van der Waals surface area contributed by atoms with Gasteiger partial charge >= 0.3 is 0 Å². The van der Waals surface area contributed by atoms with Crippen LogP contribution in [0.15, 0.2) is 29.2 Å². The fourth-order valence-electron chi connectivity index (χ4n) is 2.19. The summed E-state index contributed by atoms with van der Waals surface area (Å²) >= 11 is 1.99. The Kier molecular flexibility index (Phi) is 1.84. The van der Waals surface area contributed by atoms with Crippen LogP contribution in [0.3, 0.4) is 0 Å². The van der Waals surface area contributed by atoms with Crippen molar-refractivity contribution in [1.29, 1.82) is 0 Å². The van der Waals surface area contributed by atoms with Gasteiger partial charge in [-0.2, -0.15) is 0 Å². The molecule has 2 aliphatic heterocycles. The lowest BCUT2D eigenvalue weighted by Crippen LogP contribution is -2.15. The summed E-state index contributed by atoms with van der Waals surface area (Å²) in [5.74, 6) is 2.00. The van der Waals surface area contributed by atoms with Crippen LogP contribution in [0.4, 0.5) is 0 Å². The van der Waals surface area contributed by atoms with Gasteiger partial charge in [0.2, 0.25) is 0 Å². The van der Waals surface area contributed by atoms with E-state index in [2.05, 4.69) is 24.3 Å². The molecule has 0 aromatic heterocycles. The number of ether oxygens (including phenoxy) is 1. The topological polar surface area (TPSA) is 9.23 Å². The molecule has 1 aromatic carbocycles. The molecule has 2 aliphatic rings. The van der Waals surface area contributed by atoms with Gasteiger partial charge in [-0.3, -0.25) is 0 Å². The summed E-state index contributed by atoms with van der Waals surface area (Å²) in [4.78, 5) is 1.42. The predicted molar refractivity (Wildman–Crippen MR) is 54.0 cm³/mol. The molecule has 2 unspecified atom stereocenters. The number of hydrogen-bond donors (Lipinski definition) is 0. The van der Waals surface area contributed by atoms with Gasteiger partial charge in [-0.1, -0.05) is 18.2 Å². The molecule has 0 spiro atoms. The van der Waals surface area contributed by atoms with Gasteiger partial charge in [-0.25, -0.2) is 0 Å². The van der Waals surface area contributed by atoms with Crippen LogP contribution >= 0.6 is 11.8 Å². The minimum Gasteiger partial charge on any atom is -0.373 e. The van der Waals surface area contributed by atoms with Gasteiger partial charge in [0, 0.05) is 23.2 Å². The summed E-state index contributed by atoms with van der Waals surface area (Å²) in [5.41, 5.74) is 1.42. The number of thioether (sulfide) groups is 1. The van der Waals surface area contributed by atoms with E-state index in [1.807, 2.05) is 11.8 Å². The van der Waals surface area contributed by atoms with Gasteiger partial charge in [0.15, 0.2) is 0 Å². The summed E-state index contributed by atoms with van der Waals surface area (Å²) in [6, 6.07) is 8.65. The maximum absolute atomic E-state index is 5.77.